The summed E-state index contributed by atoms with van der Waals surface area (Å²) in [5.74, 6) is -0.210. The average molecular weight is 240 g/mol. The van der Waals surface area contributed by atoms with Gasteiger partial charge in [0.25, 0.3) is 5.91 Å². The van der Waals surface area contributed by atoms with Crippen molar-refractivity contribution in [3.63, 3.8) is 0 Å². The van der Waals surface area contributed by atoms with E-state index in [1.165, 1.54) is 0 Å². The highest BCUT2D eigenvalue weighted by Crippen LogP contribution is 2.03. The van der Waals surface area contributed by atoms with Gasteiger partial charge < -0.3 is 20.7 Å². The van der Waals surface area contributed by atoms with E-state index in [4.69, 9.17) is 10.8 Å². The number of imidazole rings is 1. The average Bonchev–Trinajstić information content (AvgIpc) is 2.77. The summed E-state index contributed by atoms with van der Waals surface area (Å²) in [6, 6.07) is -0.0906. The van der Waals surface area contributed by atoms with E-state index < -0.39 is 0 Å². The molecule has 0 bridgehead atoms. The van der Waals surface area contributed by atoms with Gasteiger partial charge in [-0.1, -0.05) is 6.92 Å². The molecule has 0 aliphatic rings. The largest absolute Gasteiger partial charge is 0.396 e. The molecule has 2 atom stereocenters. The predicted octanol–water partition coefficient (Wildman–Crippen LogP) is -0.411. The number of rotatable bonds is 6. The van der Waals surface area contributed by atoms with E-state index in [9.17, 15) is 4.79 Å². The van der Waals surface area contributed by atoms with Crippen LogP contribution in [0.2, 0.25) is 0 Å². The number of carbonyl (C=O) groups is 1. The van der Waals surface area contributed by atoms with E-state index in [0.717, 1.165) is 0 Å². The van der Waals surface area contributed by atoms with Crippen molar-refractivity contribution in [3.8, 4) is 0 Å². The first kappa shape index (κ1) is 13.7. The maximum absolute atomic E-state index is 11.8. The lowest BCUT2D eigenvalue weighted by Crippen LogP contribution is -2.38. The fourth-order valence-corrected chi connectivity index (χ4v) is 1.33. The van der Waals surface area contributed by atoms with Crippen molar-refractivity contribution in [2.24, 2.45) is 11.7 Å². The number of hydrogen-bond donors (Lipinski definition) is 3. The van der Waals surface area contributed by atoms with Crippen LogP contribution in [0.4, 0.5) is 0 Å². The maximum atomic E-state index is 11.8. The van der Waals surface area contributed by atoms with Crippen LogP contribution < -0.4 is 11.1 Å². The lowest BCUT2D eigenvalue weighted by atomic mass is 10.1. The first-order valence-corrected chi connectivity index (χ1v) is 5.72. The van der Waals surface area contributed by atoms with Crippen LogP contribution in [0.1, 0.15) is 24.3 Å². The van der Waals surface area contributed by atoms with E-state index in [1.807, 2.05) is 13.8 Å². The van der Waals surface area contributed by atoms with Gasteiger partial charge in [-0.3, -0.25) is 4.79 Å². The van der Waals surface area contributed by atoms with Gasteiger partial charge in [0.2, 0.25) is 0 Å². The van der Waals surface area contributed by atoms with Crippen LogP contribution in [0.15, 0.2) is 12.5 Å². The van der Waals surface area contributed by atoms with Crippen LogP contribution in [-0.2, 0) is 6.54 Å². The molecule has 6 nitrogen and oxygen atoms in total. The third-order valence-electron chi connectivity index (χ3n) is 2.75. The summed E-state index contributed by atoms with van der Waals surface area (Å²) < 4.78 is 1.77. The summed E-state index contributed by atoms with van der Waals surface area (Å²) in [6.07, 6.45) is 3.25. The standard InChI is InChI=1S/C11H20N4O2/c1-8(6-16)9(2)14-11(17)10-5-15(4-3-12)7-13-10/h5,7-9,16H,3-4,6,12H2,1-2H3,(H,14,17). The van der Waals surface area contributed by atoms with E-state index >= 15 is 0 Å². The summed E-state index contributed by atoms with van der Waals surface area (Å²) in [5.41, 5.74) is 5.78. The van der Waals surface area contributed by atoms with Gasteiger partial charge in [-0.2, -0.15) is 0 Å². The summed E-state index contributed by atoms with van der Waals surface area (Å²) in [5, 5.41) is 11.8. The van der Waals surface area contributed by atoms with Crippen molar-refractivity contribution in [2.75, 3.05) is 13.2 Å². The van der Waals surface area contributed by atoms with Crippen LogP contribution in [0.5, 0.6) is 0 Å². The second-order valence-corrected chi connectivity index (χ2v) is 4.21. The smallest absolute Gasteiger partial charge is 0.271 e. The van der Waals surface area contributed by atoms with Crippen molar-refractivity contribution in [3.05, 3.63) is 18.2 Å². The molecule has 1 aromatic rings. The van der Waals surface area contributed by atoms with E-state index in [-0.39, 0.29) is 24.5 Å². The molecule has 0 radical (unpaired) electrons. The van der Waals surface area contributed by atoms with Gasteiger partial charge in [-0.25, -0.2) is 4.98 Å². The van der Waals surface area contributed by atoms with Gasteiger partial charge in [0.1, 0.15) is 5.69 Å². The number of carbonyl (C=O) groups excluding carboxylic acids is 1. The monoisotopic (exact) mass is 240 g/mol. The second kappa shape index (κ2) is 6.36. The zero-order valence-corrected chi connectivity index (χ0v) is 10.3. The number of amides is 1. The Morgan fingerprint density at radius 1 is 1.65 bits per heavy atom. The molecule has 4 N–H and O–H groups in total. The van der Waals surface area contributed by atoms with E-state index in [0.29, 0.717) is 18.8 Å². The highest BCUT2D eigenvalue weighted by Gasteiger charge is 2.16. The Morgan fingerprint density at radius 2 is 2.35 bits per heavy atom. The molecule has 0 aromatic carbocycles. The highest BCUT2D eigenvalue weighted by atomic mass is 16.3. The van der Waals surface area contributed by atoms with Gasteiger partial charge >= 0.3 is 0 Å². The predicted molar refractivity (Wildman–Crippen MR) is 64.5 cm³/mol. The SMILES string of the molecule is CC(CO)C(C)NC(=O)c1cn(CCN)cn1. The van der Waals surface area contributed by atoms with Gasteiger partial charge in [0.15, 0.2) is 0 Å². The van der Waals surface area contributed by atoms with E-state index in [1.54, 1.807) is 17.1 Å². The Bertz CT molecular complexity index is 364. The zero-order chi connectivity index (χ0) is 12.8. The molecule has 0 saturated heterocycles. The van der Waals surface area contributed by atoms with Crippen LogP contribution in [0.25, 0.3) is 0 Å². The molecule has 2 unspecified atom stereocenters. The molecular weight excluding hydrogens is 220 g/mol. The fourth-order valence-electron chi connectivity index (χ4n) is 1.33. The number of nitrogens with one attached hydrogen (secondary N) is 1. The quantitative estimate of drug-likeness (QED) is 0.630. The number of nitrogens with zero attached hydrogens (tertiary/aromatic N) is 2. The van der Waals surface area contributed by atoms with E-state index in [2.05, 4.69) is 10.3 Å². The van der Waals surface area contributed by atoms with Crippen LogP contribution in [0.3, 0.4) is 0 Å². The third-order valence-corrected chi connectivity index (χ3v) is 2.75. The number of aliphatic hydroxyl groups is 1. The molecule has 6 heteroatoms. The number of hydrogen-bond acceptors (Lipinski definition) is 4. The van der Waals surface area contributed by atoms with Gasteiger partial charge in [-0.15, -0.1) is 0 Å². The summed E-state index contributed by atoms with van der Waals surface area (Å²) >= 11 is 0. The second-order valence-electron chi connectivity index (χ2n) is 4.21. The number of nitrogens with two attached hydrogens (primary N) is 1. The first-order chi connectivity index (χ1) is 8.08. The van der Waals surface area contributed by atoms with Crippen molar-refractivity contribution in [1.82, 2.24) is 14.9 Å². The van der Waals surface area contributed by atoms with Gasteiger partial charge in [0, 0.05) is 31.9 Å². The molecule has 1 aromatic heterocycles. The lowest BCUT2D eigenvalue weighted by Gasteiger charge is -2.18. The van der Waals surface area contributed by atoms with Crippen LogP contribution in [-0.4, -0.2) is 39.8 Å². The van der Waals surface area contributed by atoms with Crippen molar-refractivity contribution in [1.29, 1.82) is 0 Å². The van der Waals surface area contributed by atoms with Crippen molar-refractivity contribution < 1.29 is 9.90 Å². The minimum absolute atomic E-state index is 0.0186. The Morgan fingerprint density at radius 3 is 2.94 bits per heavy atom. The molecule has 1 heterocycles. The summed E-state index contributed by atoms with van der Waals surface area (Å²) in [6.45, 7) is 4.93. The molecule has 1 amide bonds. The minimum Gasteiger partial charge on any atom is -0.396 e. The molecule has 96 valence electrons. The third kappa shape index (κ3) is 3.83. The van der Waals surface area contributed by atoms with Crippen LogP contribution >= 0.6 is 0 Å². The van der Waals surface area contributed by atoms with Gasteiger partial charge in [0.05, 0.1) is 6.33 Å². The fraction of sp³-hybridized carbons (Fsp3) is 0.636. The molecule has 0 aliphatic heterocycles. The normalized spacial score (nSPS) is 14.4. The maximum Gasteiger partial charge on any atom is 0.271 e. The van der Waals surface area contributed by atoms with Gasteiger partial charge in [-0.05, 0) is 12.8 Å². The molecule has 0 fully saturated rings. The summed E-state index contributed by atoms with van der Waals surface area (Å²) in [4.78, 5) is 15.8. The van der Waals surface area contributed by atoms with Crippen LogP contribution in [0, 0.1) is 5.92 Å². The topological polar surface area (TPSA) is 93.2 Å². The molecule has 17 heavy (non-hydrogen) atoms. The summed E-state index contributed by atoms with van der Waals surface area (Å²) in [7, 11) is 0. The number of aliphatic hydroxyl groups excluding tert-OH is 1. The highest BCUT2D eigenvalue weighted by molar-refractivity contribution is 5.92. The molecule has 1 rings (SSSR count). The zero-order valence-electron chi connectivity index (χ0n) is 10.3. The molecule has 0 aliphatic carbocycles. The molecule has 0 spiro atoms. The molecular formula is C11H20N4O2. The first-order valence-electron chi connectivity index (χ1n) is 5.72. The number of aromatic nitrogens is 2. The Balaban J connectivity index is 2.57. The Kier molecular flexibility index (Phi) is 5.11. The Labute approximate surface area is 101 Å². The van der Waals surface area contributed by atoms with Crippen molar-refractivity contribution >= 4 is 5.91 Å². The van der Waals surface area contributed by atoms with Crippen molar-refractivity contribution in [2.45, 2.75) is 26.4 Å². The lowest BCUT2D eigenvalue weighted by molar-refractivity contribution is 0.0911. The minimum atomic E-state index is -0.228. The Hall–Kier alpha value is -1.40. The molecule has 0 saturated carbocycles.